The van der Waals surface area contributed by atoms with Crippen LogP contribution in [0.25, 0.3) is 11.1 Å². The standard InChI is InChI=1S/C30H34N4O4S/c1-4-39(36,37)23-12-5-19(6-13-23)16-31-29(35)34-17-30(2,22-10-11-22)24-15-21(9-14-25(24)34)26-27(20-7-8-20)32-18-33-28(26)38-3/h5-6,9,12-15,18,20,22H,4,7-8,10-11,16-17H2,1-3H3,(H,31,35)/t30-/m0/s1. The molecule has 0 spiro atoms. The minimum absolute atomic E-state index is 0.0604. The van der Waals surface area contributed by atoms with Crippen molar-refractivity contribution < 1.29 is 17.9 Å². The molecular weight excluding hydrogens is 512 g/mol. The van der Waals surface area contributed by atoms with Crippen molar-refractivity contribution in [2.24, 2.45) is 5.92 Å². The quantitative estimate of drug-likeness (QED) is 0.416. The van der Waals surface area contributed by atoms with E-state index in [4.69, 9.17) is 4.74 Å². The van der Waals surface area contributed by atoms with Crippen molar-refractivity contribution in [3.63, 3.8) is 0 Å². The normalized spacial score (nSPS) is 20.5. The number of aromatic nitrogens is 2. The van der Waals surface area contributed by atoms with E-state index in [0.717, 1.165) is 53.8 Å². The highest BCUT2D eigenvalue weighted by atomic mass is 32.2. The Morgan fingerprint density at radius 2 is 1.85 bits per heavy atom. The van der Waals surface area contributed by atoms with Gasteiger partial charge in [-0.05, 0) is 72.6 Å². The van der Waals surface area contributed by atoms with Crippen LogP contribution in [0.3, 0.4) is 0 Å². The summed E-state index contributed by atoms with van der Waals surface area (Å²) in [5, 5.41) is 3.05. The summed E-state index contributed by atoms with van der Waals surface area (Å²) in [5.41, 5.74) is 5.85. The van der Waals surface area contributed by atoms with E-state index >= 15 is 0 Å². The number of nitrogens with zero attached hydrogens (tertiary/aromatic N) is 3. The maximum absolute atomic E-state index is 13.5. The molecule has 3 aromatic rings. The maximum Gasteiger partial charge on any atom is 0.322 e. The monoisotopic (exact) mass is 546 g/mol. The number of sulfone groups is 1. The second-order valence-electron chi connectivity index (χ2n) is 11.1. The van der Waals surface area contributed by atoms with Gasteiger partial charge in [-0.15, -0.1) is 0 Å². The van der Waals surface area contributed by atoms with Gasteiger partial charge in [0.2, 0.25) is 5.88 Å². The Morgan fingerprint density at radius 3 is 2.49 bits per heavy atom. The fourth-order valence-electron chi connectivity index (χ4n) is 5.86. The van der Waals surface area contributed by atoms with E-state index in [2.05, 4.69) is 34.3 Å². The van der Waals surface area contributed by atoms with E-state index < -0.39 is 9.84 Å². The first-order valence-corrected chi connectivity index (χ1v) is 15.3. The predicted octanol–water partition coefficient (Wildman–Crippen LogP) is 5.22. The fraction of sp³-hybridized carbons (Fsp3) is 0.433. The third kappa shape index (κ3) is 4.67. The molecule has 204 valence electrons. The Labute approximate surface area is 229 Å². The number of hydrogen-bond donors (Lipinski definition) is 1. The third-order valence-electron chi connectivity index (χ3n) is 8.51. The molecule has 1 aromatic heterocycles. The molecule has 2 amide bonds. The largest absolute Gasteiger partial charge is 0.480 e. The number of amides is 2. The van der Waals surface area contributed by atoms with Gasteiger partial charge in [-0.1, -0.05) is 32.0 Å². The van der Waals surface area contributed by atoms with Crippen LogP contribution in [0.1, 0.15) is 62.3 Å². The van der Waals surface area contributed by atoms with Crippen LogP contribution in [-0.4, -0.2) is 43.8 Å². The first kappa shape index (κ1) is 25.8. The molecule has 0 saturated heterocycles. The number of fused-ring (bicyclic) bond motifs is 1. The third-order valence-corrected chi connectivity index (χ3v) is 10.3. The number of carbonyl (C=O) groups is 1. The van der Waals surface area contributed by atoms with Crippen molar-refractivity contribution in [3.8, 4) is 17.0 Å². The summed E-state index contributed by atoms with van der Waals surface area (Å²) < 4.78 is 29.9. The Balaban J connectivity index is 1.28. The van der Waals surface area contributed by atoms with Crippen molar-refractivity contribution in [3.05, 3.63) is 65.6 Å². The SMILES string of the molecule is CCS(=O)(=O)c1ccc(CNC(=O)N2C[C@@](C)(C3CC3)c3cc(-c4c(OC)ncnc4C4CC4)ccc32)cc1. The summed E-state index contributed by atoms with van der Waals surface area (Å²) in [6, 6.07) is 12.9. The van der Waals surface area contributed by atoms with E-state index in [9.17, 15) is 13.2 Å². The van der Waals surface area contributed by atoms with E-state index in [0.29, 0.717) is 35.7 Å². The Kier molecular flexibility index (Phi) is 6.37. The molecule has 2 aliphatic carbocycles. The number of nitrogens with one attached hydrogen (secondary N) is 1. The van der Waals surface area contributed by atoms with E-state index in [-0.39, 0.29) is 17.2 Å². The lowest BCUT2D eigenvalue weighted by Crippen LogP contribution is -2.42. The highest BCUT2D eigenvalue weighted by Crippen LogP contribution is 2.55. The highest BCUT2D eigenvalue weighted by Gasteiger charge is 2.50. The number of benzene rings is 2. The topological polar surface area (TPSA) is 101 Å². The lowest BCUT2D eigenvalue weighted by atomic mass is 9.79. The smallest absolute Gasteiger partial charge is 0.322 e. The molecule has 2 fully saturated rings. The number of rotatable bonds is 8. The lowest BCUT2D eigenvalue weighted by molar-refractivity contribution is 0.244. The number of methoxy groups -OCH3 is 1. The second-order valence-corrected chi connectivity index (χ2v) is 13.4. The first-order valence-electron chi connectivity index (χ1n) is 13.7. The first-order chi connectivity index (χ1) is 18.7. The average Bonchev–Trinajstić information content (AvgIpc) is 3.88. The Hall–Kier alpha value is -3.46. The van der Waals surface area contributed by atoms with Gasteiger partial charge in [0.15, 0.2) is 9.84 Å². The molecule has 0 radical (unpaired) electrons. The fourth-order valence-corrected chi connectivity index (χ4v) is 6.75. The maximum atomic E-state index is 13.5. The number of anilines is 1. The number of ether oxygens (including phenoxy) is 1. The van der Waals surface area contributed by atoms with E-state index in [1.54, 1.807) is 44.6 Å². The van der Waals surface area contributed by atoms with Gasteiger partial charge in [-0.2, -0.15) is 0 Å². The molecular formula is C30H34N4O4S. The van der Waals surface area contributed by atoms with Crippen LogP contribution in [0.2, 0.25) is 0 Å². The summed E-state index contributed by atoms with van der Waals surface area (Å²) in [6.45, 7) is 4.84. The molecule has 8 nitrogen and oxygen atoms in total. The molecule has 1 atom stereocenters. The summed E-state index contributed by atoms with van der Waals surface area (Å²) in [4.78, 5) is 24.7. The average molecular weight is 547 g/mol. The van der Waals surface area contributed by atoms with Crippen molar-refractivity contribution in [2.45, 2.75) is 62.3 Å². The Bertz CT molecular complexity index is 1530. The highest BCUT2D eigenvalue weighted by molar-refractivity contribution is 7.91. The van der Waals surface area contributed by atoms with Crippen molar-refractivity contribution >= 4 is 21.6 Å². The second kappa shape index (κ2) is 9.62. The van der Waals surface area contributed by atoms with Crippen LogP contribution in [0.15, 0.2) is 53.7 Å². The zero-order valence-electron chi connectivity index (χ0n) is 22.6. The van der Waals surface area contributed by atoms with Gasteiger partial charge in [0.25, 0.3) is 0 Å². The molecule has 2 heterocycles. The predicted molar refractivity (Wildman–Crippen MR) is 150 cm³/mol. The van der Waals surface area contributed by atoms with Gasteiger partial charge in [-0.25, -0.2) is 23.2 Å². The number of urea groups is 1. The van der Waals surface area contributed by atoms with Crippen LogP contribution in [-0.2, 0) is 21.8 Å². The summed E-state index contributed by atoms with van der Waals surface area (Å²) in [5.74, 6) is 1.63. The summed E-state index contributed by atoms with van der Waals surface area (Å²) >= 11 is 0. The van der Waals surface area contributed by atoms with Crippen molar-refractivity contribution in [2.75, 3.05) is 24.3 Å². The van der Waals surface area contributed by atoms with Gasteiger partial charge in [-0.3, -0.25) is 4.90 Å². The van der Waals surface area contributed by atoms with Gasteiger partial charge < -0.3 is 10.1 Å². The molecule has 1 N–H and O–H groups in total. The summed E-state index contributed by atoms with van der Waals surface area (Å²) in [7, 11) is -1.61. The number of carbonyl (C=O) groups excluding carboxylic acids is 1. The molecule has 0 unspecified atom stereocenters. The van der Waals surface area contributed by atoms with E-state index in [1.807, 2.05) is 11.0 Å². The molecule has 9 heteroatoms. The minimum atomic E-state index is -3.25. The van der Waals surface area contributed by atoms with Crippen LogP contribution in [0, 0.1) is 5.92 Å². The van der Waals surface area contributed by atoms with Crippen molar-refractivity contribution in [1.29, 1.82) is 0 Å². The lowest BCUT2D eigenvalue weighted by Gasteiger charge is -2.26. The number of hydrogen-bond acceptors (Lipinski definition) is 6. The molecule has 39 heavy (non-hydrogen) atoms. The van der Waals surface area contributed by atoms with Crippen LogP contribution >= 0.6 is 0 Å². The Morgan fingerprint density at radius 1 is 1.10 bits per heavy atom. The van der Waals surface area contributed by atoms with Gasteiger partial charge in [0.05, 0.1) is 29.0 Å². The van der Waals surface area contributed by atoms with Gasteiger partial charge >= 0.3 is 6.03 Å². The minimum Gasteiger partial charge on any atom is -0.480 e. The van der Waals surface area contributed by atoms with Gasteiger partial charge in [0.1, 0.15) is 6.33 Å². The molecule has 2 saturated carbocycles. The van der Waals surface area contributed by atoms with Crippen molar-refractivity contribution in [1.82, 2.24) is 15.3 Å². The van der Waals surface area contributed by atoms with Gasteiger partial charge in [0, 0.05) is 30.1 Å². The molecule has 3 aliphatic rings. The molecule has 2 aromatic carbocycles. The van der Waals surface area contributed by atoms with Crippen LogP contribution in [0.5, 0.6) is 5.88 Å². The molecule has 1 aliphatic heterocycles. The molecule has 6 rings (SSSR count). The van der Waals surface area contributed by atoms with Crippen LogP contribution < -0.4 is 15.0 Å². The van der Waals surface area contributed by atoms with Crippen LogP contribution in [0.4, 0.5) is 10.5 Å². The molecule has 0 bridgehead atoms. The zero-order valence-corrected chi connectivity index (χ0v) is 23.4. The summed E-state index contributed by atoms with van der Waals surface area (Å²) in [6.07, 6.45) is 6.16. The van der Waals surface area contributed by atoms with E-state index in [1.165, 1.54) is 5.56 Å². The zero-order chi connectivity index (χ0) is 27.4.